The molecule has 16 heavy (non-hydrogen) atoms. The highest BCUT2D eigenvalue weighted by molar-refractivity contribution is 6.33. The summed E-state index contributed by atoms with van der Waals surface area (Å²) in [6.45, 7) is 2.84. The van der Waals surface area contributed by atoms with Crippen molar-refractivity contribution in [2.24, 2.45) is 0 Å². The minimum atomic E-state index is 0.686. The SMILES string of the molecule is CCNc1cncc(-c2ccccc2Cl)n1. The van der Waals surface area contributed by atoms with Gasteiger partial charge in [0.05, 0.1) is 23.1 Å². The van der Waals surface area contributed by atoms with Crippen LogP contribution in [0.15, 0.2) is 36.7 Å². The highest BCUT2D eigenvalue weighted by atomic mass is 35.5. The molecule has 0 aliphatic heterocycles. The normalized spacial score (nSPS) is 10.1. The zero-order chi connectivity index (χ0) is 11.4. The Hall–Kier alpha value is -1.61. The molecule has 2 rings (SSSR count). The van der Waals surface area contributed by atoms with Gasteiger partial charge >= 0.3 is 0 Å². The molecule has 0 amide bonds. The Kier molecular flexibility index (Phi) is 3.37. The van der Waals surface area contributed by atoms with Crippen molar-refractivity contribution in [1.82, 2.24) is 9.97 Å². The van der Waals surface area contributed by atoms with Crippen LogP contribution in [0, 0.1) is 0 Å². The Morgan fingerprint density at radius 1 is 1.25 bits per heavy atom. The molecule has 1 aromatic heterocycles. The molecule has 2 aromatic rings. The number of hydrogen-bond acceptors (Lipinski definition) is 3. The van der Waals surface area contributed by atoms with Gasteiger partial charge in [0.15, 0.2) is 0 Å². The van der Waals surface area contributed by atoms with Crippen LogP contribution in [0.1, 0.15) is 6.92 Å². The maximum absolute atomic E-state index is 6.10. The molecule has 1 heterocycles. The molecule has 0 atom stereocenters. The van der Waals surface area contributed by atoms with Gasteiger partial charge in [0.25, 0.3) is 0 Å². The largest absolute Gasteiger partial charge is 0.369 e. The van der Waals surface area contributed by atoms with E-state index in [4.69, 9.17) is 11.6 Å². The van der Waals surface area contributed by atoms with Crippen molar-refractivity contribution in [3.8, 4) is 11.3 Å². The highest BCUT2D eigenvalue weighted by Crippen LogP contribution is 2.25. The Labute approximate surface area is 99.5 Å². The van der Waals surface area contributed by atoms with Gasteiger partial charge in [0, 0.05) is 12.1 Å². The number of nitrogens with one attached hydrogen (secondary N) is 1. The van der Waals surface area contributed by atoms with Crippen LogP contribution >= 0.6 is 11.6 Å². The molecule has 0 radical (unpaired) electrons. The predicted molar refractivity (Wildman–Crippen MR) is 66.6 cm³/mol. The topological polar surface area (TPSA) is 37.8 Å². The van der Waals surface area contributed by atoms with Crippen LogP contribution in [0.25, 0.3) is 11.3 Å². The summed E-state index contributed by atoms with van der Waals surface area (Å²) in [5.41, 5.74) is 1.68. The molecule has 0 aliphatic carbocycles. The van der Waals surface area contributed by atoms with Crippen molar-refractivity contribution >= 4 is 17.4 Å². The van der Waals surface area contributed by atoms with Crippen molar-refractivity contribution in [3.05, 3.63) is 41.7 Å². The molecule has 82 valence electrons. The highest BCUT2D eigenvalue weighted by Gasteiger charge is 2.04. The summed E-state index contributed by atoms with van der Waals surface area (Å²) >= 11 is 6.10. The molecular formula is C12H12ClN3. The fraction of sp³-hybridized carbons (Fsp3) is 0.167. The Balaban J connectivity index is 2.40. The lowest BCUT2D eigenvalue weighted by Crippen LogP contribution is -2.00. The second kappa shape index (κ2) is 4.94. The smallest absolute Gasteiger partial charge is 0.145 e. The fourth-order valence-electron chi connectivity index (χ4n) is 1.43. The predicted octanol–water partition coefficient (Wildman–Crippen LogP) is 3.23. The zero-order valence-corrected chi connectivity index (χ0v) is 9.70. The van der Waals surface area contributed by atoms with Gasteiger partial charge in [-0.15, -0.1) is 0 Å². The quantitative estimate of drug-likeness (QED) is 0.885. The van der Waals surface area contributed by atoms with E-state index < -0.39 is 0 Å². The van der Waals surface area contributed by atoms with Crippen LogP contribution in [0.3, 0.4) is 0 Å². The first kappa shape index (κ1) is 10.9. The number of rotatable bonds is 3. The van der Waals surface area contributed by atoms with Gasteiger partial charge in [-0.3, -0.25) is 4.98 Å². The molecule has 0 bridgehead atoms. The molecule has 1 aromatic carbocycles. The number of nitrogens with zero attached hydrogens (tertiary/aromatic N) is 2. The second-order valence-corrected chi connectivity index (χ2v) is 3.71. The third-order valence-electron chi connectivity index (χ3n) is 2.14. The van der Waals surface area contributed by atoms with E-state index in [0.717, 1.165) is 23.6 Å². The summed E-state index contributed by atoms with van der Waals surface area (Å²) in [7, 11) is 0. The molecule has 0 fully saturated rings. The van der Waals surface area contributed by atoms with Crippen LogP contribution < -0.4 is 5.32 Å². The molecule has 0 saturated heterocycles. The van der Waals surface area contributed by atoms with Gasteiger partial charge in [-0.1, -0.05) is 29.8 Å². The first-order chi connectivity index (χ1) is 7.81. The van der Waals surface area contributed by atoms with Gasteiger partial charge in [-0.05, 0) is 13.0 Å². The third kappa shape index (κ3) is 2.31. The van der Waals surface area contributed by atoms with Crippen molar-refractivity contribution < 1.29 is 0 Å². The summed E-state index contributed by atoms with van der Waals surface area (Å²) in [6, 6.07) is 7.61. The van der Waals surface area contributed by atoms with E-state index in [1.165, 1.54) is 0 Å². The molecule has 0 unspecified atom stereocenters. The molecule has 0 saturated carbocycles. The van der Waals surface area contributed by atoms with Gasteiger partial charge < -0.3 is 5.32 Å². The van der Waals surface area contributed by atoms with Crippen LogP contribution in [0.4, 0.5) is 5.82 Å². The van der Waals surface area contributed by atoms with Crippen molar-refractivity contribution in [2.75, 3.05) is 11.9 Å². The van der Waals surface area contributed by atoms with Crippen LogP contribution in [-0.4, -0.2) is 16.5 Å². The minimum Gasteiger partial charge on any atom is -0.369 e. The lowest BCUT2D eigenvalue weighted by molar-refractivity contribution is 1.12. The first-order valence-electron chi connectivity index (χ1n) is 5.12. The average molecular weight is 234 g/mol. The zero-order valence-electron chi connectivity index (χ0n) is 8.94. The molecule has 3 nitrogen and oxygen atoms in total. The summed E-state index contributed by atoms with van der Waals surface area (Å²) in [5.74, 6) is 0.764. The number of benzene rings is 1. The molecule has 0 spiro atoms. The minimum absolute atomic E-state index is 0.686. The van der Waals surface area contributed by atoms with Crippen LogP contribution in [0.5, 0.6) is 0 Å². The molecule has 0 aliphatic rings. The second-order valence-electron chi connectivity index (χ2n) is 3.30. The summed E-state index contributed by atoms with van der Waals surface area (Å²) in [5, 5.41) is 3.81. The number of aromatic nitrogens is 2. The van der Waals surface area contributed by atoms with Gasteiger partial charge in [0.2, 0.25) is 0 Å². The van der Waals surface area contributed by atoms with E-state index in [-0.39, 0.29) is 0 Å². The van der Waals surface area contributed by atoms with E-state index in [1.54, 1.807) is 12.4 Å². The number of halogens is 1. The monoisotopic (exact) mass is 233 g/mol. The molecule has 1 N–H and O–H groups in total. The van der Waals surface area contributed by atoms with Gasteiger partial charge in [0.1, 0.15) is 5.82 Å². The molecule has 4 heteroatoms. The van der Waals surface area contributed by atoms with Crippen molar-refractivity contribution in [3.63, 3.8) is 0 Å². The lowest BCUT2D eigenvalue weighted by Gasteiger charge is -2.06. The van der Waals surface area contributed by atoms with Gasteiger partial charge in [-0.25, -0.2) is 4.98 Å². The van der Waals surface area contributed by atoms with Crippen LogP contribution in [-0.2, 0) is 0 Å². The third-order valence-corrected chi connectivity index (χ3v) is 2.47. The summed E-state index contributed by atoms with van der Waals surface area (Å²) in [6.07, 6.45) is 3.41. The number of anilines is 1. The maximum atomic E-state index is 6.10. The van der Waals surface area contributed by atoms with Crippen LogP contribution in [0.2, 0.25) is 5.02 Å². The summed E-state index contributed by atoms with van der Waals surface area (Å²) in [4.78, 5) is 8.57. The van der Waals surface area contributed by atoms with Crippen molar-refractivity contribution in [2.45, 2.75) is 6.92 Å². The molecular weight excluding hydrogens is 222 g/mol. The fourth-order valence-corrected chi connectivity index (χ4v) is 1.66. The number of hydrogen-bond donors (Lipinski definition) is 1. The Bertz CT molecular complexity index is 485. The average Bonchev–Trinajstić information content (AvgIpc) is 2.30. The van der Waals surface area contributed by atoms with Gasteiger partial charge in [-0.2, -0.15) is 0 Å². The van der Waals surface area contributed by atoms with E-state index >= 15 is 0 Å². The standard InChI is InChI=1S/C12H12ClN3/c1-2-15-12-8-14-7-11(16-12)9-5-3-4-6-10(9)13/h3-8H,2H2,1H3,(H,15,16). The lowest BCUT2D eigenvalue weighted by atomic mass is 10.2. The Morgan fingerprint density at radius 2 is 2.06 bits per heavy atom. The van der Waals surface area contributed by atoms with E-state index in [0.29, 0.717) is 5.02 Å². The maximum Gasteiger partial charge on any atom is 0.145 e. The Morgan fingerprint density at radius 3 is 2.81 bits per heavy atom. The summed E-state index contributed by atoms with van der Waals surface area (Å²) < 4.78 is 0. The van der Waals surface area contributed by atoms with E-state index in [1.807, 2.05) is 31.2 Å². The van der Waals surface area contributed by atoms with E-state index in [2.05, 4.69) is 15.3 Å². The van der Waals surface area contributed by atoms with E-state index in [9.17, 15) is 0 Å². The first-order valence-corrected chi connectivity index (χ1v) is 5.50. The van der Waals surface area contributed by atoms with Crippen molar-refractivity contribution in [1.29, 1.82) is 0 Å².